The third-order valence-corrected chi connectivity index (χ3v) is 3.62. The van der Waals surface area contributed by atoms with Gasteiger partial charge in [0.2, 0.25) is 6.29 Å². The zero-order valence-electron chi connectivity index (χ0n) is 12.6. The first-order valence-electron chi connectivity index (χ1n) is 7.11. The van der Waals surface area contributed by atoms with Gasteiger partial charge in [-0.1, -0.05) is 0 Å². The average molecular weight is 302 g/mol. The van der Waals surface area contributed by atoms with E-state index in [0.29, 0.717) is 24.7 Å². The lowest BCUT2D eigenvalue weighted by molar-refractivity contribution is -0.188. The van der Waals surface area contributed by atoms with Crippen LogP contribution in [-0.2, 0) is 16.5 Å². The highest BCUT2D eigenvalue weighted by atomic mass is 16.7. The SMILES string of the molecule is CN(C(=O)c1cnc(C2OCCCO2)n1C)c1cccnc1. The minimum absolute atomic E-state index is 0.162. The highest BCUT2D eigenvalue weighted by molar-refractivity contribution is 6.04. The van der Waals surface area contributed by atoms with E-state index < -0.39 is 6.29 Å². The van der Waals surface area contributed by atoms with Crippen LogP contribution in [0.2, 0.25) is 0 Å². The first-order chi connectivity index (χ1) is 10.7. The summed E-state index contributed by atoms with van der Waals surface area (Å²) in [6.07, 6.45) is 5.22. The van der Waals surface area contributed by atoms with E-state index in [0.717, 1.165) is 12.1 Å². The van der Waals surface area contributed by atoms with Crippen LogP contribution >= 0.6 is 0 Å². The fraction of sp³-hybridized carbons (Fsp3) is 0.400. The molecule has 2 aromatic heterocycles. The fourth-order valence-corrected chi connectivity index (χ4v) is 2.32. The molecular formula is C15H18N4O3. The van der Waals surface area contributed by atoms with Crippen molar-refractivity contribution in [3.8, 4) is 0 Å². The third kappa shape index (κ3) is 2.72. The topological polar surface area (TPSA) is 69.5 Å². The molecule has 0 radical (unpaired) electrons. The highest BCUT2D eigenvalue weighted by Crippen LogP contribution is 2.23. The zero-order valence-corrected chi connectivity index (χ0v) is 12.6. The maximum Gasteiger partial charge on any atom is 0.276 e. The molecule has 0 spiro atoms. The maximum atomic E-state index is 12.6. The fourth-order valence-electron chi connectivity index (χ4n) is 2.32. The van der Waals surface area contributed by atoms with E-state index in [9.17, 15) is 4.79 Å². The van der Waals surface area contributed by atoms with Crippen molar-refractivity contribution >= 4 is 11.6 Å². The molecule has 1 aliphatic heterocycles. The van der Waals surface area contributed by atoms with Crippen LogP contribution in [-0.4, -0.2) is 40.7 Å². The lowest BCUT2D eigenvalue weighted by atomic mass is 10.3. The van der Waals surface area contributed by atoms with E-state index in [2.05, 4.69) is 9.97 Å². The Bertz CT molecular complexity index is 650. The van der Waals surface area contributed by atoms with Gasteiger partial charge in [0, 0.05) is 20.3 Å². The molecule has 1 amide bonds. The molecule has 0 N–H and O–H groups in total. The summed E-state index contributed by atoms with van der Waals surface area (Å²) < 4.78 is 12.8. The number of hydrogen-bond donors (Lipinski definition) is 0. The van der Waals surface area contributed by atoms with E-state index in [1.807, 2.05) is 6.07 Å². The number of nitrogens with zero attached hydrogens (tertiary/aromatic N) is 4. The molecule has 0 unspecified atom stereocenters. The van der Waals surface area contributed by atoms with Gasteiger partial charge >= 0.3 is 0 Å². The van der Waals surface area contributed by atoms with E-state index >= 15 is 0 Å². The monoisotopic (exact) mass is 302 g/mol. The van der Waals surface area contributed by atoms with Gasteiger partial charge in [-0.3, -0.25) is 9.78 Å². The van der Waals surface area contributed by atoms with Crippen molar-refractivity contribution in [2.24, 2.45) is 7.05 Å². The number of carbonyl (C=O) groups excluding carboxylic acids is 1. The molecule has 1 aliphatic rings. The van der Waals surface area contributed by atoms with Gasteiger partial charge in [-0.15, -0.1) is 0 Å². The van der Waals surface area contributed by atoms with Crippen LogP contribution in [0.1, 0.15) is 29.0 Å². The lowest BCUT2D eigenvalue weighted by Crippen LogP contribution is -2.29. The number of ether oxygens (including phenoxy) is 2. The van der Waals surface area contributed by atoms with E-state index in [4.69, 9.17) is 9.47 Å². The molecule has 1 fully saturated rings. The van der Waals surface area contributed by atoms with Gasteiger partial charge in [0.25, 0.3) is 5.91 Å². The number of anilines is 1. The van der Waals surface area contributed by atoms with Gasteiger partial charge in [-0.05, 0) is 18.6 Å². The van der Waals surface area contributed by atoms with E-state index in [1.54, 1.807) is 43.3 Å². The minimum Gasteiger partial charge on any atom is -0.346 e. The molecule has 0 saturated carbocycles. The average Bonchev–Trinajstić information content (AvgIpc) is 2.96. The molecule has 3 heterocycles. The number of amides is 1. The summed E-state index contributed by atoms with van der Waals surface area (Å²) in [5.74, 6) is 0.438. The number of imidazole rings is 1. The summed E-state index contributed by atoms with van der Waals surface area (Å²) in [6.45, 7) is 1.27. The second-order valence-corrected chi connectivity index (χ2v) is 5.06. The number of rotatable bonds is 3. The van der Waals surface area contributed by atoms with Crippen LogP contribution in [0, 0.1) is 0 Å². The van der Waals surface area contributed by atoms with E-state index in [1.165, 1.54) is 4.90 Å². The second kappa shape index (κ2) is 6.25. The molecule has 22 heavy (non-hydrogen) atoms. The van der Waals surface area contributed by atoms with Gasteiger partial charge in [0.15, 0.2) is 5.82 Å². The largest absolute Gasteiger partial charge is 0.346 e. The van der Waals surface area contributed by atoms with Gasteiger partial charge in [0.1, 0.15) is 5.69 Å². The third-order valence-electron chi connectivity index (χ3n) is 3.62. The quantitative estimate of drug-likeness (QED) is 0.860. The van der Waals surface area contributed by atoms with Crippen molar-refractivity contribution in [3.63, 3.8) is 0 Å². The standard InChI is InChI=1S/C15H18N4O3/c1-18(11-5-3-6-16-9-11)14(20)12-10-17-13(19(12)2)15-21-7-4-8-22-15/h3,5-6,9-10,15H,4,7-8H2,1-2H3. The Balaban J connectivity index is 1.83. The van der Waals surface area contributed by atoms with Gasteiger partial charge in [-0.2, -0.15) is 0 Å². The smallest absolute Gasteiger partial charge is 0.276 e. The summed E-state index contributed by atoms with van der Waals surface area (Å²) in [6, 6.07) is 3.62. The molecule has 7 nitrogen and oxygen atoms in total. The Morgan fingerprint density at radius 1 is 1.36 bits per heavy atom. The van der Waals surface area contributed by atoms with Crippen molar-refractivity contribution in [3.05, 3.63) is 42.2 Å². The maximum absolute atomic E-state index is 12.6. The van der Waals surface area contributed by atoms with Crippen LogP contribution in [0.3, 0.4) is 0 Å². The summed E-state index contributed by atoms with van der Waals surface area (Å²) in [7, 11) is 3.49. The van der Waals surface area contributed by atoms with Gasteiger partial charge < -0.3 is 18.9 Å². The Kier molecular flexibility index (Phi) is 4.17. The molecule has 0 aliphatic carbocycles. The van der Waals surface area contributed by atoms with Crippen molar-refractivity contribution in [1.29, 1.82) is 0 Å². The first-order valence-corrected chi connectivity index (χ1v) is 7.11. The lowest BCUT2D eigenvalue weighted by Gasteiger charge is -2.23. The summed E-state index contributed by atoms with van der Waals surface area (Å²) >= 11 is 0. The molecular weight excluding hydrogens is 284 g/mol. The van der Waals surface area contributed by atoms with Gasteiger partial charge in [-0.25, -0.2) is 4.98 Å². The highest BCUT2D eigenvalue weighted by Gasteiger charge is 2.25. The molecule has 2 aromatic rings. The zero-order chi connectivity index (χ0) is 15.5. The molecule has 0 atom stereocenters. The van der Waals surface area contributed by atoms with Crippen LogP contribution in [0.5, 0.6) is 0 Å². The summed E-state index contributed by atoms with van der Waals surface area (Å²) in [5, 5.41) is 0. The second-order valence-electron chi connectivity index (χ2n) is 5.06. The number of carbonyl (C=O) groups is 1. The minimum atomic E-state index is -0.510. The number of hydrogen-bond acceptors (Lipinski definition) is 5. The van der Waals surface area contributed by atoms with Crippen molar-refractivity contribution < 1.29 is 14.3 Å². The molecule has 0 aromatic carbocycles. The molecule has 1 saturated heterocycles. The van der Waals surface area contributed by atoms with Crippen LogP contribution in [0.15, 0.2) is 30.7 Å². The Morgan fingerprint density at radius 3 is 2.82 bits per heavy atom. The van der Waals surface area contributed by atoms with Crippen LogP contribution in [0.25, 0.3) is 0 Å². The van der Waals surface area contributed by atoms with Crippen molar-refractivity contribution in [2.45, 2.75) is 12.7 Å². The Labute approximate surface area is 128 Å². The predicted molar refractivity (Wildman–Crippen MR) is 79.4 cm³/mol. The molecule has 7 heteroatoms. The molecule has 0 bridgehead atoms. The number of aromatic nitrogens is 3. The van der Waals surface area contributed by atoms with Crippen molar-refractivity contribution in [2.75, 3.05) is 25.2 Å². The Hall–Kier alpha value is -2.25. The van der Waals surface area contributed by atoms with E-state index in [-0.39, 0.29) is 5.91 Å². The molecule has 116 valence electrons. The van der Waals surface area contributed by atoms with Crippen LogP contribution in [0.4, 0.5) is 5.69 Å². The normalized spacial score (nSPS) is 15.7. The Morgan fingerprint density at radius 2 is 2.14 bits per heavy atom. The first kappa shape index (κ1) is 14.7. The summed E-state index contributed by atoms with van der Waals surface area (Å²) in [4.78, 5) is 22.5. The summed E-state index contributed by atoms with van der Waals surface area (Å²) in [5.41, 5.74) is 1.19. The number of pyridine rings is 1. The predicted octanol–water partition coefficient (Wildman–Crippen LogP) is 1.53. The van der Waals surface area contributed by atoms with Crippen molar-refractivity contribution in [1.82, 2.24) is 14.5 Å². The molecule has 3 rings (SSSR count). The van der Waals surface area contributed by atoms with Gasteiger partial charge in [0.05, 0.1) is 31.3 Å². The van der Waals surface area contributed by atoms with Crippen LogP contribution < -0.4 is 4.90 Å².